The number of amides is 1. The lowest BCUT2D eigenvalue weighted by Gasteiger charge is -2.29. The minimum absolute atomic E-state index is 0. The molecule has 1 amide bonds. The van der Waals surface area contributed by atoms with Crippen LogP contribution in [0, 0.1) is 0 Å². The van der Waals surface area contributed by atoms with Gasteiger partial charge >= 0.3 is 0 Å². The van der Waals surface area contributed by atoms with Gasteiger partial charge in [-0.1, -0.05) is 18.2 Å². The summed E-state index contributed by atoms with van der Waals surface area (Å²) >= 11 is 1.71. The quantitative estimate of drug-likeness (QED) is 0.265. The smallest absolute Gasteiger partial charge is 0.265 e. The standard InChI is InChI=1S/C19H24N4O2S.HI/c1-2-20-19(22-13-15-7-5-12-26-15)21-10-6-11-23-16-8-3-4-9-17(16)25-14-18(23)24;/h3-5,7-9,12H,2,6,10-11,13-14H2,1H3,(H2,20,21,22);1H. The lowest BCUT2D eigenvalue weighted by molar-refractivity contribution is -0.121. The van der Waals surface area contributed by atoms with Crippen LogP contribution in [0.25, 0.3) is 0 Å². The molecule has 2 heterocycles. The van der Waals surface area contributed by atoms with E-state index in [4.69, 9.17) is 4.74 Å². The molecule has 0 aliphatic carbocycles. The molecule has 0 spiro atoms. The number of thiophene rings is 1. The Labute approximate surface area is 181 Å². The van der Waals surface area contributed by atoms with Crippen molar-refractivity contribution in [2.24, 2.45) is 4.99 Å². The van der Waals surface area contributed by atoms with E-state index in [9.17, 15) is 4.79 Å². The number of fused-ring (bicyclic) bond motifs is 1. The minimum atomic E-state index is 0. The SMILES string of the molecule is CCNC(=NCc1cccs1)NCCCN1C(=O)COc2ccccc21.I. The van der Waals surface area contributed by atoms with Crippen LogP contribution in [0.4, 0.5) is 5.69 Å². The van der Waals surface area contributed by atoms with Gasteiger partial charge in [0.2, 0.25) is 0 Å². The molecule has 146 valence electrons. The van der Waals surface area contributed by atoms with Crippen LogP contribution in [0.5, 0.6) is 5.75 Å². The monoisotopic (exact) mass is 500 g/mol. The Balaban J connectivity index is 0.00000261. The Bertz CT molecular complexity index is 752. The topological polar surface area (TPSA) is 66.0 Å². The van der Waals surface area contributed by atoms with E-state index in [1.165, 1.54) is 4.88 Å². The van der Waals surface area contributed by atoms with Gasteiger partial charge < -0.3 is 20.3 Å². The van der Waals surface area contributed by atoms with E-state index in [1.54, 1.807) is 16.2 Å². The fraction of sp³-hybridized carbons (Fsp3) is 0.368. The molecule has 0 unspecified atom stereocenters. The van der Waals surface area contributed by atoms with Crippen LogP contribution in [0.1, 0.15) is 18.2 Å². The number of nitrogens with one attached hydrogen (secondary N) is 2. The van der Waals surface area contributed by atoms with Gasteiger partial charge in [-0.3, -0.25) is 4.79 Å². The number of rotatable bonds is 7. The van der Waals surface area contributed by atoms with Crippen LogP contribution >= 0.6 is 35.3 Å². The molecule has 3 rings (SSSR count). The summed E-state index contributed by atoms with van der Waals surface area (Å²) in [6, 6.07) is 11.8. The van der Waals surface area contributed by atoms with Gasteiger partial charge in [0.25, 0.3) is 5.91 Å². The molecule has 2 aromatic rings. The zero-order chi connectivity index (χ0) is 18.2. The van der Waals surface area contributed by atoms with Gasteiger partial charge in [-0.2, -0.15) is 0 Å². The first kappa shape index (κ1) is 21.5. The Morgan fingerprint density at radius 2 is 2.11 bits per heavy atom. The summed E-state index contributed by atoms with van der Waals surface area (Å²) in [5.74, 6) is 1.57. The van der Waals surface area contributed by atoms with E-state index in [0.29, 0.717) is 13.1 Å². The van der Waals surface area contributed by atoms with Crippen LogP contribution in [0.3, 0.4) is 0 Å². The van der Waals surface area contributed by atoms with Crippen LogP contribution < -0.4 is 20.3 Å². The maximum atomic E-state index is 12.2. The third-order valence-electron chi connectivity index (χ3n) is 3.98. The van der Waals surface area contributed by atoms with Crippen molar-refractivity contribution in [1.29, 1.82) is 0 Å². The molecule has 1 aliphatic rings. The van der Waals surface area contributed by atoms with Gasteiger partial charge in [0, 0.05) is 24.5 Å². The molecule has 1 aromatic heterocycles. The van der Waals surface area contributed by atoms with Gasteiger partial charge in [0.1, 0.15) is 5.75 Å². The van der Waals surface area contributed by atoms with E-state index in [1.807, 2.05) is 37.3 Å². The minimum Gasteiger partial charge on any atom is -0.482 e. The highest BCUT2D eigenvalue weighted by Gasteiger charge is 2.24. The molecule has 0 radical (unpaired) electrons. The number of benzene rings is 1. The van der Waals surface area contributed by atoms with Crippen molar-refractivity contribution in [3.8, 4) is 5.75 Å². The van der Waals surface area contributed by atoms with Crippen LogP contribution in [0.15, 0.2) is 46.8 Å². The molecule has 2 N–H and O–H groups in total. The summed E-state index contributed by atoms with van der Waals surface area (Å²) in [5, 5.41) is 8.64. The summed E-state index contributed by atoms with van der Waals surface area (Å²) in [4.78, 5) is 19.8. The van der Waals surface area contributed by atoms with E-state index in [-0.39, 0.29) is 36.5 Å². The lowest BCUT2D eigenvalue weighted by Crippen LogP contribution is -2.42. The fourth-order valence-electron chi connectivity index (χ4n) is 2.74. The highest BCUT2D eigenvalue weighted by atomic mass is 127. The maximum absolute atomic E-state index is 12.2. The first-order chi connectivity index (χ1) is 12.8. The Hall–Kier alpha value is -1.81. The summed E-state index contributed by atoms with van der Waals surface area (Å²) in [7, 11) is 0. The molecule has 0 saturated heterocycles. The third kappa shape index (κ3) is 6.10. The molecule has 0 atom stereocenters. The van der Waals surface area contributed by atoms with E-state index in [0.717, 1.165) is 36.9 Å². The van der Waals surface area contributed by atoms with Gasteiger partial charge in [-0.25, -0.2) is 4.99 Å². The summed E-state index contributed by atoms with van der Waals surface area (Å²) in [6.07, 6.45) is 0.823. The van der Waals surface area contributed by atoms with Crippen molar-refractivity contribution in [2.45, 2.75) is 19.9 Å². The molecule has 8 heteroatoms. The molecule has 0 fully saturated rings. The van der Waals surface area contributed by atoms with Crippen molar-refractivity contribution in [1.82, 2.24) is 10.6 Å². The normalized spacial score (nSPS) is 13.4. The van der Waals surface area contributed by atoms with Crippen LogP contribution in [0.2, 0.25) is 0 Å². The zero-order valence-electron chi connectivity index (χ0n) is 15.3. The lowest BCUT2D eigenvalue weighted by atomic mass is 10.2. The number of para-hydroxylation sites is 2. The molecular weight excluding hydrogens is 475 g/mol. The Kier molecular flexibility index (Phi) is 8.86. The summed E-state index contributed by atoms with van der Waals surface area (Å²) in [6.45, 7) is 5.02. The van der Waals surface area contributed by atoms with Crippen molar-refractivity contribution < 1.29 is 9.53 Å². The number of carbonyl (C=O) groups is 1. The second kappa shape index (κ2) is 11.1. The second-order valence-corrected chi connectivity index (χ2v) is 6.89. The summed E-state index contributed by atoms with van der Waals surface area (Å²) < 4.78 is 5.47. The zero-order valence-corrected chi connectivity index (χ0v) is 18.5. The van der Waals surface area contributed by atoms with Gasteiger partial charge in [-0.05, 0) is 36.9 Å². The largest absolute Gasteiger partial charge is 0.482 e. The number of hydrogen-bond acceptors (Lipinski definition) is 4. The Morgan fingerprint density at radius 1 is 1.26 bits per heavy atom. The average Bonchev–Trinajstić information content (AvgIpc) is 3.18. The molecule has 6 nitrogen and oxygen atoms in total. The van der Waals surface area contributed by atoms with Crippen LogP contribution in [-0.2, 0) is 11.3 Å². The highest BCUT2D eigenvalue weighted by Crippen LogP contribution is 2.31. The first-order valence-corrected chi connectivity index (χ1v) is 9.72. The molecule has 0 bridgehead atoms. The number of carbonyl (C=O) groups excluding carboxylic acids is 1. The fourth-order valence-corrected chi connectivity index (χ4v) is 3.37. The second-order valence-electron chi connectivity index (χ2n) is 5.86. The van der Waals surface area contributed by atoms with Crippen molar-refractivity contribution in [3.05, 3.63) is 46.7 Å². The summed E-state index contributed by atoms with van der Waals surface area (Å²) in [5.41, 5.74) is 0.849. The number of ether oxygens (including phenoxy) is 1. The maximum Gasteiger partial charge on any atom is 0.265 e. The first-order valence-electron chi connectivity index (χ1n) is 8.84. The predicted octanol–water partition coefficient (Wildman–Crippen LogP) is 3.24. The van der Waals surface area contributed by atoms with Crippen molar-refractivity contribution in [2.75, 3.05) is 31.1 Å². The van der Waals surface area contributed by atoms with Crippen LogP contribution in [-0.4, -0.2) is 38.1 Å². The third-order valence-corrected chi connectivity index (χ3v) is 4.84. The van der Waals surface area contributed by atoms with Gasteiger partial charge in [0.05, 0.1) is 12.2 Å². The molecule has 0 saturated carbocycles. The van der Waals surface area contributed by atoms with Gasteiger partial charge in [0.15, 0.2) is 12.6 Å². The van der Waals surface area contributed by atoms with Gasteiger partial charge in [-0.15, -0.1) is 35.3 Å². The number of halogens is 1. The molecule has 1 aromatic carbocycles. The van der Waals surface area contributed by atoms with E-state index >= 15 is 0 Å². The number of anilines is 1. The Morgan fingerprint density at radius 3 is 2.89 bits per heavy atom. The molecular formula is C19H25IN4O2S. The number of guanidine groups is 1. The van der Waals surface area contributed by atoms with E-state index < -0.39 is 0 Å². The molecule has 27 heavy (non-hydrogen) atoms. The highest BCUT2D eigenvalue weighted by molar-refractivity contribution is 14.0. The van der Waals surface area contributed by atoms with E-state index in [2.05, 4.69) is 27.1 Å². The van der Waals surface area contributed by atoms with Crippen molar-refractivity contribution >= 4 is 52.9 Å². The number of nitrogens with zero attached hydrogens (tertiary/aromatic N) is 2. The predicted molar refractivity (Wildman–Crippen MR) is 121 cm³/mol. The number of aliphatic imine (C=N–C) groups is 1. The average molecular weight is 500 g/mol. The molecule has 1 aliphatic heterocycles. The number of hydrogen-bond donors (Lipinski definition) is 2. The van der Waals surface area contributed by atoms with Crippen molar-refractivity contribution in [3.63, 3.8) is 0 Å².